The van der Waals surface area contributed by atoms with Crippen LogP contribution in [0.4, 0.5) is 5.69 Å². The number of thioether (sulfide) groups is 1. The van der Waals surface area contributed by atoms with E-state index in [4.69, 9.17) is 9.47 Å². The normalized spacial score (nSPS) is 12.6. The van der Waals surface area contributed by atoms with Crippen LogP contribution in [0.1, 0.15) is 17.5 Å². The smallest absolute Gasteiger partial charge is 0.240 e. The van der Waals surface area contributed by atoms with Crippen molar-refractivity contribution in [3.8, 4) is 11.5 Å². The summed E-state index contributed by atoms with van der Waals surface area (Å²) < 4.78 is 36.0. The molecule has 7 nitrogen and oxygen atoms in total. The lowest BCUT2D eigenvalue weighted by atomic mass is 10.2. The number of ether oxygens (including phenoxy) is 2. The summed E-state index contributed by atoms with van der Waals surface area (Å²) in [6, 6.07) is 13.2. The Balaban J connectivity index is 1.45. The van der Waals surface area contributed by atoms with E-state index in [9.17, 15) is 13.2 Å². The van der Waals surface area contributed by atoms with Crippen LogP contribution in [0.2, 0.25) is 0 Å². The average molecular weight is 451 g/mol. The average Bonchev–Trinajstić information content (AvgIpc) is 3.15. The second-order valence-electron chi connectivity index (χ2n) is 7.05. The first-order chi connectivity index (χ1) is 14.3. The minimum absolute atomic E-state index is 0.0973. The van der Waals surface area contributed by atoms with Gasteiger partial charge in [0.1, 0.15) is 6.54 Å². The molecule has 1 N–H and O–H groups in total. The molecule has 1 heterocycles. The highest BCUT2D eigenvalue weighted by molar-refractivity contribution is 7.98. The molecule has 1 amide bonds. The van der Waals surface area contributed by atoms with E-state index in [1.54, 1.807) is 18.2 Å². The third-order valence-corrected chi connectivity index (χ3v) is 6.73. The summed E-state index contributed by atoms with van der Waals surface area (Å²) in [5.74, 6) is 2.52. The summed E-state index contributed by atoms with van der Waals surface area (Å²) in [4.78, 5) is 12.3. The first kappa shape index (κ1) is 22.3. The van der Waals surface area contributed by atoms with Gasteiger partial charge in [0.2, 0.25) is 22.7 Å². The summed E-state index contributed by atoms with van der Waals surface area (Å²) >= 11 is 1.81. The van der Waals surface area contributed by atoms with Crippen molar-refractivity contribution in [3.05, 3.63) is 53.6 Å². The summed E-state index contributed by atoms with van der Waals surface area (Å²) in [5, 5.41) is 2.80. The van der Waals surface area contributed by atoms with Gasteiger partial charge in [0.25, 0.3) is 0 Å². The molecule has 2 aromatic rings. The highest BCUT2D eigenvalue weighted by Crippen LogP contribution is 2.36. The quantitative estimate of drug-likeness (QED) is 0.560. The fraction of sp³-hybridized carbons (Fsp3) is 0.381. The highest BCUT2D eigenvalue weighted by atomic mass is 32.2. The Morgan fingerprint density at radius 2 is 1.97 bits per heavy atom. The lowest BCUT2D eigenvalue weighted by Crippen LogP contribution is -2.40. The number of hydrogen-bond donors (Lipinski definition) is 1. The molecule has 0 radical (unpaired) electrons. The van der Waals surface area contributed by atoms with Gasteiger partial charge < -0.3 is 14.8 Å². The van der Waals surface area contributed by atoms with Crippen LogP contribution in [-0.4, -0.2) is 46.2 Å². The number of rotatable bonds is 10. The molecule has 30 heavy (non-hydrogen) atoms. The molecule has 0 saturated carbocycles. The Kier molecular flexibility index (Phi) is 7.49. The molecule has 0 unspecified atom stereocenters. The van der Waals surface area contributed by atoms with Gasteiger partial charge in [0.15, 0.2) is 11.5 Å². The third-order valence-electron chi connectivity index (χ3n) is 4.47. The second kappa shape index (κ2) is 10.1. The van der Waals surface area contributed by atoms with Gasteiger partial charge in [-0.15, -0.1) is 0 Å². The first-order valence-electron chi connectivity index (χ1n) is 9.60. The minimum atomic E-state index is -3.63. The highest BCUT2D eigenvalue weighted by Gasteiger charge is 2.23. The topological polar surface area (TPSA) is 84.9 Å². The number of fused-ring (bicyclic) bond motifs is 1. The second-order valence-corrected chi connectivity index (χ2v) is 10.1. The molecule has 1 aliphatic heterocycles. The molecule has 0 saturated heterocycles. The first-order valence-corrected chi connectivity index (χ1v) is 12.6. The Morgan fingerprint density at radius 1 is 1.17 bits per heavy atom. The number of amides is 1. The van der Waals surface area contributed by atoms with E-state index in [1.807, 2.05) is 11.8 Å². The molecule has 9 heteroatoms. The van der Waals surface area contributed by atoms with Crippen LogP contribution in [0.25, 0.3) is 0 Å². The van der Waals surface area contributed by atoms with E-state index < -0.39 is 10.0 Å². The van der Waals surface area contributed by atoms with Gasteiger partial charge in [-0.05, 0) is 36.8 Å². The van der Waals surface area contributed by atoms with Crippen molar-refractivity contribution in [2.45, 2.75) is 19.1 Å². The standard InChI is InChI=1S/C21H26N2O5S2/c1-16-5-3-6-17(11-16)14-29-10-4-9-22-21(24)13-23(30(2,25)26)18-7-8-19-20(12-18)28-15-27-19/h3,5-8,11-12H,4,9-10,13-15H2,1-2H3,(H,22,24). The number of nitrogens with one attached hydrogen (secondary N) is 1. The van der Waals surface area contributed by atoms with E-state index in [0.717, 1.165) is 28.5 Å². The maximum absolute atomic E-state index is 12.3. The number of hydrogen-bond acceptors (Lipinski definition) is 6. The van der Waals surface area contributed by atoms with Crippen molar-refractivity contribution in [1.82, 2.24) is 5.32 Å². The van der Waals surface area contributed by atoms with Gasteiger partial charge in [0, 0.05) is 18.4 Å². The van der Waals surface area contributed by atoms with E-state index in [0.29, 0.717) is 23.7 Å². The molecule has 0 spiro atoms. The van der Waals surface area contributed by atoms with Gasteiger partial charge >= 0.3 is 0 Å². The van der Waals surface area contributed by atoms with Gasteiger partial charge in [-0.25, -0.2) is 8.42 Å². The molecule has 2 aromatic carbocycles. The van der Waals surface area contributed by atoms with Crippen molar-refractivity contribution >= 4 is 33.4 Å². The van der Waals surface area contributed by atoms with Crippen molar-refractivity contribution in [3.63, 3.8) is 0 Å². The zero-order chi connectivity index (χ0) is 21.6. The number of sulfonamides is 1. The summed E-state index contributed by atoms with van der Waals surface area (Å²) in [6.07, 6.45) is 1.89. The third kappa shape index (κ3) is 6.30. The van der Waals surface area contributed by atoms with Crippen molar-refractivity contribution < 1.29 is 22.7 Å². The molecule has 0 bridgehead atoms. The molecular formula is C21H26N2O5S2. The van der Waals surface area contributed by atoms with Crippen molar-refractivity contribution in [2.24, 2.45) is 0 Å². The molecular weight excluding hydrogens is 424 g/mol. The number of anilines is 1. The van der Waals surface area contributed by atoms with Crippen LogP contribution in [0.15, 0.2) is 42.5 Å². The summed E-state index contributed by atoms with van der Waals surface area (Å²) in [7, 11) is -3.63. The van der Waals surface area contributed by atoms with E-state index in [-0.39, 0.29) is 19.2 Å². The number of benzene rings is 2. The zero-order valence-electron chi connectivity index (χ0n) is 17.1. The molecule has 0 aliphatic carbocycles. The van der Waals surface area contributed by atoms with E-state index >= 15 is 0 Å². The van der Waals surface area contributed by atoms with Crippen molar-refractivity contribution in [2.75, 3.05) is 36.2 Å². The largest absolute Gasteiger partial charge is 0.454 e. The van der Waals surface area contributed by atoms with Gasteiger partial charge in [-0.3, -0.25) is 9.10 Å². The summed E-state index contributed by atoms with van der Waals surface area (Å²) in [6.45, 7) is 2.39. The predicted octanol–water partition coefficient (Wildman–Crippen LogP) is 2.93. The monoisotopic (exact) mass is 450 g/mol. The van der Waals surface area contributed by atoms with Crippen LogP contribution in [-0.2, 0) is 20.6 Å². The molecule has 0 aromatic heterocycles. The molecule has 162 valence electrons. The van der Waals surface area contributed by atoms with Crippen LogP contribution in [0.5, 0.6) is 11.5 Å². The number of aryl methyl sites for hydroxylation is 1. The van der Waals surface area contributed by atoms with E-state index in [2.05, 4.69) is 36.5 Å². The van der Waals surface area contributed by atoms with Crippen molar-refractivity contribution in [1.29, 1.82) is 0 Å². The predicted molar refractivity (Wildman–Crippen MR) is 120 cm³/mol. The maximum atomic E-state index is 12.3. The van der Waals surface area contributed by atoms with Gasteiger partial charge in [-0.2, -0.15) is 11.8 Å². The molecule has 3 rings (SSSR count). The Hall–Kier alpha value is -2.39. The Morgan fingerprint density at radius 3 is 2.73 bits per heavy atom. The number of carbonyl (C=O) groups is 1. The van der Waals surface area contributed by atoms with Crippen LogP contribution >= 0.6 is 11.8 Å². The SMILES string of the molecule is Cc1cccc(CSCCCNC(=O)CN(c2ccc3c(c2)OCO3)S(C)(=O)=O)c1. The zero-order valence-corrected chi connectivity index (χ0v) is 18.7. The lowest BCUT2D eigenvalue weighted by molar-refractivity contribution is -0.119. The minimum Gasteiger partial charge on any atom is -0.454 e. The number of nitrogens with zero attached hydrogens (tertiary/aromatic N) is 1. The maximum Gasteiger partial charge on any atom is 0.240 e. The van der Waals surface area contributed by atoms with Crippen LogP contribution in [0.3, 0.4) is 0 Å². The lowest BCUT2D eigenvalue weighted by Gasteiger charge is -2.22. The van der Waals surface area contributed by atoms with Crippen LogP contribution < -0.4 is 19.1 Å². The molecule has 1 aliphatic rings. The number of carbonyl (C=O) groups excluding carboxylic acids is 1. The van der Waals surface area contributed by atoms with E-state index in [1.165, 1.54) is 11.1 Å². The van der Waals surface area contributed by atoms with Gasteiger partial charge in [0.05, 0.1) is 11.9 Å². The fourth-order valence-electron chi connectivity index (χ4n) is 3.02. The summed E-state index contributed by atoms with van der Waals surface area (Å²) in [5.41, 5.74) is 2.90. The Bertz CT molecular complexity index is 995. The van der Waals surface area contributed by atoms with Gasteiger partial charge in [-0.1, -0.05) is 29.8 Å². The van der Waals surface area contributed by atoms with Crippen LogP contribution in [0, 0.1) is 6.92 Å². The fourth-order valence-corrected chi connectivity index (χ4v) is 4.78. The molecule has 0 fully saturated rings. The molecule has 0 atom stereocenters. The Labute approximate surface area is 181 Å².